The normalized spacial score (nSPS) is 10.5. The Balaban J connectivity index is 3.45. The molecule has 0 saturated heterocycles. The molecule has 15 heavy (non-hydrogen) atoms. The highest BCUT2D eigenvalue weighted by atomic mass is 35.5. The molecule has 82 valence electrons. The van der Waals surface area contributed by atoms with Gasteiger partial charge in [0, 0.05) is 6.07 Å². The molecule has 0 aliphatic heterocycles. The molecule has 0 atom stereocenters. The van der Waals surface area contributed by atoms with Crippen LogP contribution in [-0.4, -0.2) is 17.0 Å². The lowest BCUT2D eigenvalue weighted by atomic mass is 10.2. The maximum Gasteiger partial charge on any atom is 0.408 e. The van der Waals surface area contributed by atoms with Crippen LogP contribution >= 0.6 is 11.6 Å². The number of methoxy groups -OCH3 is 1. The molecular formula is C7H5ClF2N2O3. The van der Waals surface area contributed by atoms with E-state index < -0.39 is 28.5 Å². The summed E-state index contributed by atoms with van der Waals surface area (Å²) >= 11 is 5.36. The molecule has 0 amide bonds. The van der Waals surface area contributed by atoms with Crippen LogP contribution in [0, 0.1) is 10.1 Å². The highest BCUT2D eigenvalue weighted by Crippen LogP contribution is 2.36. The van der Waals surface area contributed by atoms with Gasteiger partial charge in [-0.1, -0.05) is 0 Å². The third kappa shape index (κ3) is 2.30. The van der Waals surface area contributed by atoms with Gasteiger partial charge >= 0.3 is 5.82 Å². The number of pyridine rings is 1. The minimum atomic E-state index is -2.92. The van der Waals surface area contributed by atoms with E-state index in [1.807, 2.05) is 0 Å². The first-order chi connectivity index (χ1) is 6.97. The Kier molecular flexibility index (Phi) is 3.35. The van der Waals surface area contributed by atoms with Gasteiger partial charge in [-0.2, -0.15) is 0 Å². The fourth-order valence-corrected chi connectivity index (χ4v) is 1.20. The molecule has 0 N–H and O–H groups in total. The van der Waals surface area contributed by atoms with Crippen LogP contribution < -0.4 is 4.74 Å². The van der Waals surface area contributed by atoms with E-state index in [1.54, 1.807) is 0 Å². The minimum Gasteiger partial charge on any atom is -0.489 e. The largest absolute Gasteiger partial charge is 0.489 e. The average molecular weight is 239 g/mol. The van der Waals surface area contributed by atoms with Crippen molar-refractivity contribution < 1.29 is 18.4 Å². The number of rotatable bonds is 3. The van der Waals surface area contributed by atoms with Crippen molar-refractivity contribution in [1.82, 2.24) is 4.98 Å². The summed E-state index contributed by atoms with van der Waals surface area (Å²) in [5.41, 5.74) is -0.649. The van der Waals surface area contributed by atoms with E-state index in [1.165, 1.54) is 0 Å². The molecule has 0 saturated carbocycles. The number of halogens is 3. The molecule has 0 spiro atoms. The van der Waals surface area contributed by atoms with Gasteiger partial charge in [0.15, 0.2) is 0 Å². The maximum absolute atomic E-state index is 12.4. The average Bonchev–Trinajstić information content (AvgIpc) is 2.16. The van der Waals surface area contributed by atoms with Gasteiger partial charge in [0.1, 0.15) is 0 Å². The summed E-state index contributed by atoms with van der Waals surface area (Å²) in [6.45, 7) is 0. The Morgan fingerprint density at radius 1 is 1.67 bits per heavy atom. The summed E-state index contributed by atoms with van der Waals surface area (Å²) in [7, 11) is 1.05. The second kappa shape index (κ2) is 4.35. The quantitative estimate of drug-likeness (QED) is 0.461. The summed E-state index contributed by atoms with van der Waals surface area (Å²) < 4.78 is 29.4. The SMILES string of the molecule is COc1c(C(F)F)cc(Cl)nc1[N+](=O)[O-]. The predicted octanol–water partition coefficient (Wildman–Crippen LogP) is 2.59. The van der Waals surface area contributed by atoms with E-state index in [4.69, 9.17) is 11.6 Å². The number of alkyl halides is 2. The Labute approximate surface area is 87.8 Å². The van der Waals surface area contributed by atoms with Crippen molar-refractivity contribution in [3.63, 3.8) is 0 Å². The van der Waals surface area contributed by atoms with E-state index in [0.29, 0.717) is 0 Å². The first-order valence-corrected chi connectivity index (χ1v) is 4.02. The number of hydrogen-bond donors (Lipinski definition) is 0. The third-order valence-electron chi connectivity index (χ3n) is 1.56. The summed E-state index contributed by atoms with van der Waals surface area (Å²) in [5.74, 6) is -1.39. The van der Waals surface area contributed by atoms with Gasteiger partial charge in [-0.25, -0.2) is 8.78 Å². The molecule has 5 nitrogen and oxygen atoms in total. The van der Waals surface area contributed by atoms with Crippen molar-refractivity contribution in [3.05, 3.63) is 26.9 Å². The monoisotopic (exact) mass is 238 g/mol. The molecular weight excluding hydrogens is 234 g/mol. The van der Waals surface area contributed by atoms with Crippen LogP contribution in [0.1, 0.15) is 12.0 Å². The molecule has 1 heterocycles. The van der Waals surface area contributed by atoms with Gasteiger partial charge in [-0.15, -0.1) is 0 Å². The van der Waals surface area contributed by atoms with E-state index in [9.17, 15) is 18.9 Å². The van der Waals surface area contributed by atoms with Gasteiger partial charge in [0.05, 0.1) is 12.7 Å². The Morgan fingerprint density at radius 3 is 2.67 bits per heavy atom. The molecule has 0 aliphatic rings. The van der Waals surface area contributed by atoms with Gasteiger partial charge in [-0.3, -0.25) is 0 Å². The summed E-state index contributed by atoms with van der Waals surface area (Å²) in [6, 6.07) is 0.831. The molecule has 1 aromatic heterocycles. The fraction of sp³-hybridized carbons (Fsp3) is 0.286. The van der Waals surface area contributed by atoms with Crippen molar-refractivity contribution >= 4 is 17.4 Å². The molecule has 1 rings (SSSR count). The van der Waals surface area contributed by atoms with E-state index in [-0.39, 0.29) is 5.15 Å². The Hall–Kier alpha value is -1.50. The van der Waals surface area contributed by atoms with Crippen molar-refractivity contribution in [1.29, 1.82) is 0 Å². The zero-order valence-corrected chi connectivity index (χ0v) is 8.16. The van der Waals surface area contributed by atoms with Gasteiger partial charge in [0.25, 0.3) is 6.43 Å². The molecule has 1 aromatic rings. The molecule has 0 radical (unpaired) electrons. The van der Waals surface area contributed by atoms with Crippen LogP contribution in [0.4, 0.5) is 14.6 Å². The second-order valence-corrected chi connectivity index (χ2v) is 2.84. The molecule has 0 aliphatic carbocycles. The van der Waals surface area contributed by atoms with Crippen molar-refractivity contribution in [2.75, 3.05) is 7.11 Å². The molecule has 0 unspecified atom stereocenters. The van der Waals surface area contributed by atoms with Gasteiger partial charge < -0.3 is 14.9 Å². The first-order valence-electron chi connectivity index (χ1n) is 3.64. The fourth-order valence-electron chi connectivity index (χ4n) is 1.00. The third-order valence-corrected chi connectivity index (χ3v) is 1.76. The van der Waals surface area contributed by atoms with E-state index >= 15 is 0 Å². The highest BCUT2D eigenvalue weighted by molar-refractivity contribution is 6.29. The van der Waals surface area contributed by atoms with Crippen LogP contribution in [-0.2, 0) is 0 Å². The van der Waals surface area contributed by atoms with Crippen LogP contribution in [0.3, 0.4) is 0 Å². The van der Waals surface area contributed by atoms with Crippen LogP contribution in [0.2, 0.25) is 5.15 Å². The predicted molar refractivity (Wildman–Crippen MR) is 47.4 cm³/mol. The molecule has 8 heteroatoms. The second-order valence-electron chi connectivity index (χ2n) is 2.45. The zero-order valence-electron chi connectivity index (χ0n) is 7.41. The lowest BCUT2D eigenvalue weighted by molar-refractivity contribution is -0.390. The summed E-state index contributed by atoms with van der Waals surface area (Å²) in [5, 5.41) is 10.1. The smallest absolute Gasteiger partial charge is 0.408 e. The summed E-state index contributed by atoms with van der Waals surface area (Å²) in [6.07, 6.45) is -2.92. The molecule has 0 aromatic carbocycles. The van der Waals surface area contributed by atoms with Crippen molar-refractivity contribution in [2.24, 2.45) is 0 Å². The minimum absolute atomic E-state index is 0.377. The standard InChI is InChI=1S/C7H5ClF2N2O3/c1-15-5-3(6(9)10)2-4(8)11-7(5)12(13)14/h2,6H,1H3. The topological polar surface area (TPSA) is 65.3 Å². The number of nitro groups is 1. The van der Waals surface area contributed by atoms with Gasteiger partial charge in [0.2, 0.25) is 10.9 Å². The van der Waals surface area contributed by atoms with E-state index in [2.05, 4.69) is 9.72 Å². The van der Waals surface area contributed by atoms with Gasteiger partial charge in [-0.05, 0) is 21.5 Å². The maximum atomic E-state index is 12.4. The van der Waals surface area contributed by atoms with Crippen molar-refractivity contribution in [2.45, 2.75) is 6.43 Å². The van der Waals surface area contributed by atoms with Crippen LogP contribution in [0.5, 0.6) is 5.75 Å². The summed E-state index contributed by atoms with van der Waals surface area (Å²) in [4.78, 5) is 12.8. The number of aromatic nitrogens is 1. The van der Waals surface area contributed by atoms with Crippen LogP contribution in [0.25, 0.3) is 0 Å². The Bertz CT molecular complexity index is 400. The highest BCUT2D eigenvalue weighted by Gasteiger charge is 2.27. The number of ether oxygens (including phenoxy) is 1. The van der Waals surface area contributed by atoms with E-state index in [0.717, 1.165) is 13.2 Å². The Morgan fingerprint density at radius 2 is 2.27 bits per heavy atom. The lowest BCUT2D eigenvalue weighted by Gasteiger charge is -2.06. The number of hydrogen-bond acceptors (Lipinski definition) is 4. The van der Waals surface area contributed by atoms with Crippen molar-refractivity contribution in [3.8, 4) is 5.75 Å². The molecule has 0 bridgehead atoms. The lowest BCUT2D eigenvalue weighted by Crippen LogP contribution is -2.01. The zero-order chi connectivity index (χ0) is 11.6. The van der Waals surface area contributed by atoms with Crippen LogP contribution in [0.15, 0.2) is 6.07 Å². The molecule has 0 fully saturated rings. The first kappa shape index (κ1) is 11.6. The number of nitrogens with zero attached hydrogens (tertiary/aromatic N) is 2.